The van der Waals surface area contributed by atoms with Crippen LogP contribution >= 0.6 is 11.3 Å². The molecule has 5 nitrogen and oxygen atoms in total. The van der Waals surface area contributed by atoms with Crippen LogP contribution in [0.15, 0.2) is 48.5 Å². The molecule has 2 aliphatic carbocycles. The van der Waals surface area contributed by atoms with Crippen molar-refractivity contribution in [2.45, 2.75) is 44.3 Å². The predicted molar refractivity (Wildman–Crippen MR) is 110 cm³/mol. The fourth-order valence-electron chi connectivity index (χ4n) is 4.06. The number of rotatable bonds is 6. The van der Waals surface area contributed by atoms with Gasteiger partial charge in [0.1, 0.15) is 10.8 Å². The smallest absolute Gasteiger partial charge is 0.286 e. The van der Waals surface area contributed by atoms with E-state index in [2.05, 4.69) is 44.7 Å². The summed E-state index contributed by atoms with van der Waals surface area (Å²) < 4.78 is 13.0. The predicted octanol–water partition coefficient (Wildman–Crippen LogP) is 4.58. The average molecular weight is 409 g/mol. The molecule has 0 aliphatic heterocycles. The first-order chi connectivity index (χ1) is 14.2. The lowest BCUT2D eigenvalue weighted by Gasteiger charge is -2.28. The first kappa shape index (κ1) is 18.4. The summed E-state index contributed by atoms with van der Waals surface area (Å²) in [4.78, 5) is 15.0. The molecule has 148 valence electrons. The summed E-state index contributed by atoms with van der Waals surface area (Å²) in [7, 11) is 0. The van der Waals surface area contributed by atoms with Crippen LogP contribution in [0.5, 0.6) is 0 Å². The van der Waals surface area contributed by atoms with Gasteiger partial charge in [0, 0.05) is 17.8 Å². The van der Waals surface area contributed by atoms with Gasteiger partial charge in [-0.15, -0.1) is 10.2 Å². The van der Waals surface area contributed by atoms with E-state index in [-0.39, 0.29) is 11.7 Å². The van der Waals surface area contributed by atoms with E-state index in [0.29, 0.717) is 29.3 Å². The Bertz CT molecular complexity index is 1030. The number of amides is 1. The highest BCUT2D eigenvalue weighted by molar-refractivity contribution is 7.13. The molecule has 1 unspecified atom stereocenters. The van der Waals surface area contributed by atoms with E-state index in [1.165, 1.54) is 59.6 Å². The van der Waals surface area contributed by atoms with Gasteiger partial charge < -0.3 is 5.32 Å². The monoisotopic (exact) mass is 408 g/mol. The van der Waals surface area contributed by atoms with Crippen molar-refractivity contribution in [2.24, 2.45) is 0 Å². The lowest BCUT2D eigenvalue weighted by atomic mass is 10.1. The normalized spacial score (nSPS) is 18.1. The molecular weight excluding hydrogens is 387 g/mol. The molecule has 2 aliphatic rings. The summed E-state index contributed by atoms with van der Waals surface area (Å²) in [6.45, 7) is 0.713. The number of carbonyl (C=O) groups excluding carboxylic acids is 1. The zero-order valence-electron chi connectivity index (χ0n) is 15.8. The average Bonchev–Trinajstić information content (AvgIpc) is 3.31. The first-order valence-corrected chi connectivity index (χ1v) is 10.7. The third-order valence-corrected chi connectivity index (χ3v) is 6.51. The molecule has 2 aromatic carbocycles. The van der Waals surface area contributed by atoms with Gasteiger partial charge in [0.15, 0.2) is 0 Å². The van der Waals surface area contributed by atoms with Gasteiger partial charge in [-0.3, -0.25) is 9.69 Å². The van der Waals surface area contributed by atoms with Gasteiger partial charge in [-0.25, -0.2) is 4.39 Å². The fourth-order valence-corrected chi connectivity index (χ4v) is 4.81. The maximum absolute atomic E-state index is 13.0. The molecule has 0 saturated heterocycles. The van der Waals surface area contributed by atoms with Crippen LogP contribution < -0.4 is 5.32 Å². The second kappa shape index (κ2) is 7.65. The van der Waals surface area contributed by atoms with Crippen LogP contribution in [-0.4, -0.2) is 27.0 Å². The number of hydrogen-bond donors (Lipinski definition) is 1. The Balaban J connectivity index is 1.30. The van der Waals surface area contributed by atoms with Crippen molar-refractivity contribution >= 4 is 22.9 Å². The zero-order valence-corrected chi connectivity index (χ0v) is 16.7. The minimum atomic E-state index is -0.338. The lowest BCUT2D eigenvalue weighted by molar-refractivity contribution is 0.102. The van der Waals surface area contributed by atoms with Gasteiger partial charge in [-0.1, -0.05) is 35.6 Å². The van der Waals surface area contributed by atoms with Crippen LogP contribution in [0.1, 0.15) is 51.2 Å². The van der Waals surface area contributed by atoms with Crippen molar-refractivity contribution in [1.29, 1.82) is 0 Å². The summed E-state index contributed by atoms with van der Waals surface area (Å²) in [5.41, 5.74) is 3.41. The number of halogens is 1. The number of nitrogens with one attached hydrogen (secondary N) is 1. The van der Waals surface area contributed by atoms with E-state index >= 15 is 0 Å². The van der Waals surface area contributed by atoms with E-state index in [0.717, 1.165) is 17.8 Å². The van der Waals surface area contributed by atoms with Crippen LogP contribution in [0.4, 0.5) is 10.1 Å². The largest absolute Gasteiger partial charge is 0.320 e. The maximum atomic E-state index is 13.0. The van der Waals surface area contributed by atoms with Crippen molar-refractivity contribution in [3.63, 3.8) is 0 Å². The second-order valence-corrected chi connectivity index (χ2v) is 8.68. The molecule has 3 aromatic rings. The number of fused-ring (bicyclic) bond motifs is 1. The summed E-state index contributed by atoms with van der Waals surface area (Å²) in [5, 5.41) is 12.3. The fraction of sp³-hybridized carbons (Fsp3) is 0.318. The molecule has 1 N–H and O–H groups in total. The van der Waals surface area contributed by atoms with Gasteiger partial charge in [-0.05, 0) is 61.1 Å². The number of carbonyl (C=O) groups is 1. The van der Waals surface area contributed by atoms with E-state index in [1.54, 1.807) is 0 Å². The molecule has 1 atom stereocenters. The van der Waals surface area contributed by atoms with Crippen molar-refractivity contribution in [2.75, 3.05) is 5.32 Å². The topological polar surface area (TPSA) is 58.1 Å². The van der Waals surface area contributed by atoms with Gasteiger partial charge in [0.25, 0.3) is 5.91 Å². The molecular formula is C22H21FN4OS. The number of hydrogen-bond acceptors (Lipinski definition) is 5. The quantitative estimate of drug-likeness (QED) is 0.649. The third-order valence-electron chi connectivity index (χ3n) is 5.60. The number of benzene rings is 2. The molecule has 29 heavy (non-hydrogen) atoms. The van der Waals surface area contributed by atoms with Crippen molar-refractivity contribution < 1.29 is 9.18 Å². The summed E-state index contributed by atoms with van der Waals surface area (Å²) >= 11 is 1.33. The van der Waals surface area contributed by atoms with Gasteiger partial charge >= 0.3 is 0 Å². The summed E-state index contributed by atoms with van der Waals surface area (Å²) in [6, 6.07) is 15.4. The van der Waals surface area contributed by atoms with E-state index in [4.69, 9.17) is 0 Å². The van der Waals surface area contributed by atoms with Gasteiger partial charge in [0.2, 0.25) is 5.01 Å². The number of nitrogens with zero attached hydrogens (tertiary/aromatic N) is 3. The molecule has 1 heterocycles. The van der Waals surface area contributed by atoms with Crippen LogP contribution in [-0.2, 0) is 13.0 Å². The Morgan fingerprint density at radius 2 is 1.90 bits per heavy atom. The lowest BCUT2D eigenvalue weighted by Crippen LogP contribution is -2.29. The molecule has 7 heteroatoms. The Hall–Kier alpha value is -2.64. The number of aryl methyl sites for hydroxylation is 1. The van der Waals surface area contributed by atoms with Crippen molar-refractivity contribution in [3.05, 3.63) is 75.5 Å². The second-order valence-electron chi connectivity index (χ2n) is 7.62. The van der Waals surface area contributed by atoms with Gasteiger partial charge in [-0.2, -0.15) is 0 Å². The van der Waals surface area contributed by atoms with Crippen LogP contribution in [0.2, 0.25) is 0 Å². The highest BCUT2D eigenvalue weighted by atomic mass is 32.1. The Morgan fingerprint density at radius 1 is 1.10 bits per heavy atom. The third kappa shape index (κ3) is 3.93. The Kier molecular flexibility index (Phi) is 4.85. The number of anilines is 1. The molecule has 5 rings (SSSR count). The molecule has 1 amide bonds. The van der Waals surface area contributed by atoms with E-state index < -0.39 is 0 Å². The highest BCUT2D eigenvalue weighted by Gasteiger charge is 2.38. The molecule has 1 aromatic heterocycles. The van der Waals surface area contributed by atoms with E-state index in [9.17, 15) is 9.18 Å². The minimum absolute atomic E-state index is 0.315. The first-order valence-electron chi connectivity index (χ1n) is 9.90. The highest BCUT2D eigenvalue weighted by Crippen LogP contribution is 2.42. The SMILES string of the molecule is O=C(Nc1ccc(F)cc1)c1nnc(CN(C2CC2)C2CCc3ccccc32)s1. The van der Waals surface area contributed by atoms with Crippen molar-refractivity contribution in [3.8, 4) is 0 Å². The molecule has 0 spiro atoms. The molecule has 1 fully saturated rings. The Morgan fingerprint density at radius 3 is 2.69 bits per heavy atom. The standard InChI is InChI=1S/C22H21FN4OS/c23-15-6-8-16(9-7-15)24-21(28)22-26-25-20(29-22)13-27(17-10-11-17)19-12-5-14-3-1-2-4-18(14)19/h1-4,6-9,17,19H,5,10-13H2,(H,24,28). The summed E-state index contributed by atoms with van der Waals surface area (Å²) in [5.74, 6) is -0.653. The van der Waals surface area contributed by atoms with Crippen molar-refractivity contribution in [1.82, 2.24) is 15.1 Å². The zero-order chi connectivity index (χ0) is 19.8. The van der Waals surface area contributed by atoms with E-state index in [1.807, 2.05) is 0 Å². The molecule has 1 saturated carbocycles. The van der Waals surface area contributed by atoms with Crippen LogP contribution in [0.25, 0.3) is 0 Å². The molecule has 0 bridgehead atoms. The molecule has 0 radical (unpaired) electrons. The van der Waals surface area contributed by atoms with Crippen LogP contribution in [0, 0.1) is 5.82 Å². The maximum Gasteiger partial charge on any atom is 0.286 e. The van der Waals surface area contributed by atoms with Gasteiger partial charge in [0.05, 0.1) is 6.54 Å². The number of aromatic nitrogens is 2. The summed E-state index contributed by atoms with van der Waals surface area (Å²) in [6.07, 6.45) is 4.68. The minimum Gasteiger partial charge on any atom is -0.320 e. The Labute approximate surface area is 172 Å². The van der Waals surface area contributed by atoms with Crippen LogP contribution in [0.3, 0.4) is 0 Å².